The van der Waals surface area contributed by atoms with Gasteiger partial charge in [-0.1, -0.05) is 39.0 Å². The smallest absolute Gasteiger partial charge is 0.334 e. The van der Waals surface area contributed by atoms with Crippen LogP contribution in [0.25, 0.3) is 0 Å². The molecule has 2 atom stereocenters. The Labute approximate surface area is 85.1 Å². The summed E-state index contributed by atoms with van der Waals surface area (Å²) in [4.78, 5) is 10.3. The first-order valence-electron chi connectivity index (χ1n) is 5.26. The first kappa shape index (κ1) is 13.4. The molecule has 0 spiro atoms. The lowest BCUT2D eigenvalue weighted by Crippen LogP contribution is -2.40. The number of rotatable bonds is 8. The van der Waals surface area contributed by atoms with E-state index in [0.717, 1.165) is 19.3 Å². The van der Waals surface area contributed by atoms with Crippen LogP contribution in [0.4, 0.5) is 0 Å². The number of unbranched alkanes of at least 4 members (excludes halogenated alkanes) is 4. The summed E-state index contributed by atoms with van der Waals surface area (Å²) < 4.78 is 0. The fraction of sp³-hybridized carbons (Fsp3) is 0.900. The van der Waals surface area contributed by atoms with Gasteiger partial charge in [-0.2, -0.15) is 0 Å². The zero-order chi connectivity index (χ0) is 11.0. The highest BCUT2D eigenvalue weighted by molar-refractivity contribution is 5.72. The Kier molecular flexibility index (Phi) is 7.42. The summed E-state index contributed by atoms with van der Waals surface area (Å²) in [5.41, 5.74) is 5.50. The number of nitrogens with two attached hydrogens (primary N) is 1. The summed E-state index contributed by atoms with van der Waals surface area (Å²) in [5.74, 6) is -1.23. The van der Waals surface area contributed by atoms with E-state index >= 15 is 0 Å². The van der Waals surface area contributed by atoms with Crippen molar-refractivity contribution in [1.82, 2.24) is 0 Å². The summed E-state index contributed by atoms with van der Waals surface area (Å²) in [6.07, 6.45) is 4.67. The molecule has 0 heterocycles. The van der Waals surface area contributed by atoms with Crippen molar-refractivity contribution in [3.05, 3.63) is 0 Å². The first-order chi connectivity index (χ1) is 6.59. The third kappa shape index (κ3) is 5.94. The van der Waals surface area contributed by atoms with Gasteiger partial charge in [0.2, 0.25) is 0 Å². The number of carboxylic acids is 1. The largest absolute Gasteiger partial charge is 0.479 e. The molecule has 0 aromatic heterocycles. The Morgan fingerprint density at radius 2 is 1.86 bits per heavy atom. The van der Waals surface area contributed by atoms with E-state index in [-0.39, 0.29) is 0 Å². The molecular weight excluding hydrogens is 182 g/mol. The van der Waals surface area contributed by atoms with Crippen LogP contribution in [0.2, 0.25) is 0 Å². The Hall–Kier alpha value is -0.610. The molecule has 84 valence electrons. The van der Waals surface area contributed by atoms with Gasteiger partial charge in [0.25, 0.3) is 0 Å². The van der Waals surface area contributed by atoms with Crippen LogP contribution in [0.5, 0.6) is 0 Å². The van der Waals surface area contributed by atoms with Crippen LogP contribution in [0.15, 0.2) is 0 Å². The standard InChI is InChI=1S/C10H21NO3/c1-2-3-4-5-6-7-8(11)9(12)10(13)14/h8-9,12H,2-7,11H2,1H3,(H,13,14)/t8-,9-/m1/s1. The molecular formula is C10H21NO3. The molecule has 0 aromatic carbocycles. The molecule has 0 amide bonds. The van der Waals surface area contributed by atoms with Crippen LogP contribution < -0.4 is 5.73 Å². The predicted molar refractivity (Wildman–Crippen MR) is 55.0 cm³/mol. The minimum Gasteiger partial charge on any atom is -0.479 e. The topological polar surface area (TPSA) is 83.5 Å². The van der Waals surface area contributed by atoms with Crippen LogP contribution in [0, 0.1) is 0 Å². The van der Waals surface area contributed by atoms with Crippen LogP contribution in [-0.4, -0.2) is 28.3 Å². The van der Waals surface area contributed by atoms with Gasteiger partial charge in [0.1, 0.15) is 0 Å². The maximum absolute atomic E-state index is 10.3. The molecule has 4 N–H and O–H groups in total. The summed E-state index contributed by atoms with van der Waals surface area (Å²) in [6, 6.07) is -0.630. The number of aliphatic hydroxyl groups is 1. The van der Waals surface area contributed by atoms with Crippen LogP contribution in [0.1, 0.15) is 45.4 Å². The zero-order valence-electron chi connectivity index (χ0n) is 8.78. The van der Waals surface area contributed by atoms with E-state index in [9.17, 15) is 4.79 Å². The molecule has 0 aliphatic rings. The average molecular weight is 203 g/mol. The van der Waals surface area contributed by atoms with E-state index < -0.39 is 18.1 Å². The van der Waals surface area contributed by atoms with Gasteiger partial charge < -0.3 is 15.9 Å². The second-order valence-electron chi connectivity index (χ2n) is 3.65. The van der Waals surface area contributed by atoms with E-state index in [0.29, 0.717) is 6.42 Å². The molecule has 4 nitrogen and oxygen atoms in total. The van der Waals surface area contributed by atoms with Gasteiger partial charge in [0.05, 0.1) is 0 Å². The van der Waals surface area contributed by atoms with Gasteiger partial charge in [-0.15, -0.1) is 0 Å². The minimum absolute atomic E-state index is 0.581. The SMILES string of the molecule is CCCCCCC[C@@H](N)[C@@H](O)C(=O)O. The number of aliphatic hydroxyl groups excluding tert-OH is 1. The highest BCUT2D eigenvalue weighted by Gasteiger charge is 2.21. The Morgan fingerprint density at radius 1 is 1.29 bits per heavy atom. The second-order valence-corrected chi connectivity index (χ2v) is 3.65. The summed E-state index contributed by atoms with van der Waals surface area (Å²) in [6.45, 7) is 2.14. The predicted octanol–water partition coefficient (Wildman–Crippen LogP) is 1.12. The molecule has 0 saturated carbocycles. The second kappa shape index (κ2) is 7.76. The van der Waals surface area contributed by atoms with Gasteiger partial charge in [-0.05, 0) is 6.42 Å². The summed E-state index contributed by atoms with van der Waals surface area (Å²) in [7, 11) is 0. The minimum atomic E-state index is -1.42. The summed E-state index contributed by atoms with van der Waals surface area (Å²) >= 11 is 0. The molecule has 14 heavy (non-hydrogen) atoms. The van der Waals surface area contributed by atoms with E-state index in [1.54, 1.807) is 0 Å². The van der Waals surface area contributed by atoms with Crippen molar-refractivity contribution in [3.63, 3.8) is 0 Å². The quantitative estimate of drug-likeness (QED) is 0.516. The van der Waals surface area contributed by atoms with Gasteiger partial charge in [0.15, 0.2) is 6.10 Å². The summed E-state index contributed by atoms with van der Waals surface area (Å²) in [5, 5.41) is 17.5. The molecule has 0 aliphatic heterocycles. The molecule has 0 saturated heterocycles. The van der Waals surface area contributed by atoms with Crippen molar-refractivity contribution in [2.45, 2.75) is 57.6 Å². The van der Waals surface area contributed by atoms with Crippen molar-refractivity contribution >= 4 is 5.97 Å². The van der Waals surface area contributed by atoms with Crippen molar-refractivity contribution in [2.75, 3.05) is 0 Å². The normalized spacial score (nSPS) is 15.1. The fourth-order valence-corrected chi connectivity index (χ4v) is 1.32. The Balaban J connectivity index is 3.43. The van der Waals surface area contributed by atoms with E-state index in [4.69, 9.17) is 15.9 Å². The van der Waals surface area contributed by atoms with Crippen molar-refractivity contribution in [3.8, 4) is 0 Å². The zero-order valence-corrected chi connectivity index (χ0v) is 8.78. The van der Waals surface area contributed by atoms with Gasteiger partial charge in [-0.3, -0.25) is 0 Å². The third-order valence-electron chi connectivity index (χ3n) is 2.30. The maximum atomic E-state index is 10.3. The molecule has 0 bridgehead atoms. The highest BCUT2D eigenvalue weighted by atomic mass is 16.4. The first-order valence-corrected chi connectivity index (χ1v) is 5.26. The lowest BCUT2D eigenvalue weighted by molar-refractivity contribution is -0.147. The molecule has 0 aromatic rings. The van der Waals surface area contributed by atoms with E-state index in [1.807, 2.05) is 0 Å². The van der Waals surface area contributed by atoms with Crippen LogP contribution in [-0.2, 0) is 4.79 Å². The monoisotopic (exact) mass is 203 g/mol. The van der Waals surface area contributed by atoms with Crippen molar-refractivity contribution in [2.24, 2.45) is 5.73 Å². The van der Waals surface area contributed by atoms with E-state index in [2.05, 4.69) is 6.92 Å². The third-order valence-corrected chi connectivity index (χ3v) is 2.30. The molecule has 4 heteroatoms. The maximum Gasteiger partial charge on any atom is 0.334 e. The Morgan fingerprint density at radius 3 is 2.36 bits per heavy atom. The van der Waals surface area contributed by atoms with Gasteiger partial charge in [0, 0.05) is 6.04 Å². The number of carbonyl (C=O) groups is 1. The van der Waals surface area contributed by atoms with Gasteiger partial charge >= 0.3 is 5.97 Å². The fourth-order valence-electron chi connectivity index (χ4n) is 1.32. The van der Waals surface area contributed by atoms with Gasteiger partial charge in [-0.25, -0.2) is 4.79 Å². The molecule has 0 aliphatic carbocycles. The van der Waals surface area contributed by atoms with E-state index in [1.165, 1.54) is 12.8 Å². The lowest BCUT2D eigenvalue weighted by Gasteiger charge is -2.14. The number of carboxylic acid groups (broad SMARTS) is 1. The molecule has 0 fully saturated rings. The van der Waals surface area contributed by atoms with Crippen molar-refractivity contribution in [1.29, 1.82) is 0 Å². The van der Waals surface area contributed by atoms with Crippen LogP contribution >= 0.6 is 0 Å². The number of aliphatic carboxylic acids is 1. The molecule has 0 radical (unpaired) electrons. The highest BCUT2D eigenvalue weighted by Crippen LogP contribution is 2.08. The van der Waals surface area contributed by atoms with Crippen LogP contribution in [0.3, 0.4) is 0 Å². The van der Waals surface area contributed by atoms with Crippen molar-refractivity contribution < 1.29 is 15.0 Å². The number of hydrogen-bond donors (Lipinski definition) is 3. The molecule has 0 unspecified atom stereocenters. The lowest BCUT2D eigenvalue weighted by atomic mass is 10.0. The average Bonchev–Trinajstić information content (AvgIpc) is 2.16. The Bertz CT molecular complexity index is 161. The number of hydrogen-bond acceptors (Lipinski definition) is 3. The molecule has 0 rings (SSSR count).